The van der Waals surface area contributed by atoms with Crippen LogP contribution in [0.5, 0.6) is 0 Å². The van der Waals surface area contributed by atoms with Gasteiger partial charge in [0.25, 0.3) is 0 Å². The van der Waals surface area contributed by atoms with Gasteiger partial charge in [-0.1, -0.05) is 79.6 Å². The summed E-state index contributed by atoms with van der Waals surface area (Å²) < 4.78 is 1.91. The Bertz CT molecular complexity index is 953. The molecule has 1 aliphatic rings. The summed E-state index contributed by atoms with van der Waals surface area (Å²) in [6, 6.07) is 18.3. The fraction of sp³-hybridized carbons (Fsp3) is 0.364. The van der Waals surface area contributed by atoms with Crippen LogP contribution < -0.4 is 5.32 Å². The number of rotatable bonds is 6. The fourth-order valence-electron chi connectivity index (χ4n) is 3.73. The molecule has 0 saturated heterocycles. The van der Waals surface area contributed by atoms with Gasteiger partial charge in [0.1, 0.15) is 0 Å². The van der Waals surface area contributed by atoms with E-state index in [0.717, 1.165) is 34.8 Å². The van der Waals surface area contributed by atoms with Gasteiger partial charge in [0.05, 0.1) is 11.3 Å². The van der Waals surface area contributed by atoms with Crippen LogP contribution in [0.1, 0.15) is 45.1 Å². The molecule has 1 fully saturated rings. The first-order valence-electron chi connectivity index (χ1n) is 10.1. The molecule has 1 heterocycles. The van der Waals surface area contributed by atoms with Crippen molar-refractivity contribution in [2.24, 2.45) is 0 Å². The van der Waals surface area contributed by atoms with Crippen molar-refractivity contribution in [2.75, 3.05) is 5.32 Å². The molecular weight excluding hydrogens is 382 g/mol. The number of thioether (sulfide) groups is 1. The number of amides is 1. The zero-order valence-corrected chi connectivity index (χ0v) is 17.3. The monoisotopic (exact) mass is 407 g/mol. The predicted molar refractivity (Wildman–Crippen MR) is 116 cm³/mol. The van der Waals surface area contributed by atoms with Gasteiger partial charge in [-0.15, -0.1) is 5.10 Å². The minimum absolute atomic E-state index is 0.0587. The van der Waals surface area contributed by atoms with Crippen molar-refractivity contribution in [3.05, 3.63) is 54.6 Å². The summed E-state index contributed by atoms with van der Waals surface area (Å²) in [5, 5.41) is 15.7. The summed E-state index contributed by atoms with van der Waals surface area (Å²) in [5.74, 6) is -0.0587. The highest BCUT2D eigenvalue weighted by atomic mass is 32.2. The predicted octanol–water partition coefficient (Wildman–Crippen LogP) is 4.96. The number of nitrogens with one attached hydrogen (secondary N) is 1. The van der Waals surface area contributed by atoms with E-state index in [0.29, 0.717) is 6.04 Å². The Kier molecular flexibility index (Phi) is 6.24. The van der Waals surface area contributed by atoms with E-state index in [1.165, 1.54) is 31.0 Å². The standard InChI is InChI=1S/C22H25N5OS/c1-16(29-22-24-25-26-27(22)18-12-6-3-7-13-18)21(28)23-20-15-9-8-14-19(20)17-10-4-2-5-11-17/h2,4-5,8-11,14-16,18H,3,6-7,12-13H2,1H3,(H,23,28). The van der Waals surface area contributed by atoms with Gasteiger partial charge < -0.3 is 5.32 Å². The van der Waals surface area contributed by atoms with Crippen LogP contribution in [0.3, 0.4) is 0 Å². The number of aromatic nitrogens is 4. The van der Waals surface area contributed by atoms with Gasteiger partial charge in [0, 0.05) is 11.3 Å². The lowest BCUT2D eigenvalue weighted by Gasteiger charge is -2.22. The van der Waals surface area contributed by atoms with Crippen molar-refractivity contribution in [1.29, 1.82) is 0 Å². The molecule has 6 nitrogen and oxygen atoms in total. The Balaban J connectivity index is 1.46. The molecule has 1 amide bonds. The zero-order chi connectivity index (χ0) is 20.1. The van der Waals surface area contributed by atoms with Gasteiger partial charge in [-0.05, 0) is 41.8 Å². The molecule has 1 atom stereocenters. The van der Waals surface area contributed by atoms with Crippen LogP contribution in [0.15, 0.2) is 59.8 Å². The second-order valence-corrected chi connectivity index (χ2v) is 8.67. The number of anilines is 1. The summed E-state index contributed by atoms with van der Waals surface area (Å²) in [4.78, 5) is 12.9. The molecule has 0 aliphatic heterocycles. The number of benzene rings is 2. The van der Waals surface area contributed by atoms with E-state index in [1.54, 1.807) is 0 Å². The van der Waals surface area contributed by atoms with Crippen molar-refractivity contribution >= 4 is 23.4 Å². The first kappa shape index (κ1) is 19.6. The third-order valence-corrected chi connectivity index (χ3v) is 6.35. The smallest absolute Gasteiger partial charge is 0.237 e. The number of nitrogens with zero attached hydrogens (tertiary/aromatic N) is 4. The Morgan fingerprint density at radius 1 is 1.07 bits per heavy atom. The molecule has 3 aromatic rings. The van der Waals surface area contributed by atoms with E-state index < -0.39 is 0 Å². The van der Waals surface area contributed by atoms with Gasteiger partial charge in [-0.3, -0.25) is 4.79 Å². The van der Waals surface area contributed by atoms with Gasteiger partial charge in [0.15, 0.2) is 0 Å². The van der Waals surface area contributed by atoms with Crippen LogP contribution in [-0.4, -0.2) is 31.4 Å². The Morgan fingerprint density at radius 3 is 2.59 bits per heavy atom. The average molecular weight is 408 g/mol. The largest absolute Gasteiger partial charge is 0.325 e. The van der Waals surface area contributed by atoms with Crippen molar-refractivity contribution in [1.82, 2.24) is 20.2 Å². The van der Waals surface area contributed by atoms with Gasteiger partial charge in [-0.25, -0.2) is 4.68 Å². The average Bonchev–Trinajstić information content (AvgIpc) is 3.23. The van der Waals surface area contributed by atoms with E-state index in [-0.39, 0.29) is 11.2 Å². The molecule has 1 aliphatic carbocycles. The molecule has 4 rings (SSSR count). The minimum atomic E-state index is -0.313. The van der Waals surface area contributed by atoms with E-state index in [9.17, 15) is 4.79 Å². The Hall–Kier alpha value is -2.67. The molecule has 7 heteroatoms. The number of carbonyl (C=O) groups is 1. The maximum Gasteiger partial charge on any atom is 0.237 e. The van der Waals surface area contributed by atoms with Crippen LogP contribution in [0.25, 0.3) is 11.1 Å². The highest BCUT2D eigenvalue weighted by molar-refractivity contribution is 8.00. The molecule has 0 spiro atoms. The van der Waals surface area contributed by atoms with E-state index in [1.807, 2.05) is 66.2 Å². The molecule has 2 aromatic carbocycles. The molecule has 1 aromatic heterocycles. The Morgan fingerprint density at radius 2 is 1.79 bits per heavy atom. The maximum atomic E-state index is 12.9. The summed E-state index contributed by atoms with van der Waals surface area (Å²) in [7, 11) is 0. The molecular formula is C22H25N5OS. The number of hydrogen-bond donors (Lipinski definition) is 1. The van der Waals surface area contributed by atoms with E-state index >= 15 is 0 Å². The molecule has 0 radical (unpaired) electrons. The van der Waals surface area contributed by atoms with Crippen molar-refractivity contribution in [2.45, 2.75) is 55.5 Å². The van der Waals surface area contributed by atoms with Crippen LogP contribution >= 0.6 is 11.8 Å². The maximum absolute atomic E-state index is 12.9. The van der Waals surface area contributed by atoms with Crippen molar-refractivity contribution < 1.29 is 4.79 Å². The molecule has 0 bridgehead atoms. The lowest BCUT2D eigenvalue weighted by molar-refractivity contribution is -0.115. The first-order chi connectivity index (χ1) is 14.2. The van der Waals surface area contributed by atoms with E-state index in [2.05, 4.69) is 20.8 Å². The van der Waals surface area contributed by atoms with Gasteiger partial charge in [0.2, 0.25) is 11.1 Å². The van der Waals surface area contributed by atoms with Crippen LogP contribution in [0.2, 0.25) is 0 Å². The fourth-order valence-corrected chi connectivity index (χ4v) is 4.58. The quantitative estimate of drug-likeness (QED) is 0.585. The van der Waals surface area contributed by atoms with E-state index in [4.69, 9.17) is 0 Å². The van der Waals surface area contributed by atoms with Crippen LogP contribution in [0.4, 0.5) is 5.69 Å². The number of tetrazole rings is 1. The summed E-state index contributed by atoms with van der Waals surface area (Å²) in [6.07, 6.45) is 5.90. The lowest BCUT2D eigenvalue weighted by Crippen LogP contribution is -2.24. The summed E-state index contributed by atoms with van der Waals surface area (Å²) in [5.41, 5.74) is 2.89. The minimum Gasteiger partial charge on any atom is -0.325 e. The number of para-hydroxylation sites is 1. The first-order valence-corrected chi connectivity index (χ1v) is 11.0. The SMILES string of the molecule is CC(Sc1nnnn1C1CCCCC1)C(=O)Nc1ccccc1-c1ccccc1. The number of hydrogen-bond acceptors (Lipinski definition) is 5. The van der Waals surface area contributed by atoms with Crippen molar-refractivity contribution in [3.8, 4) is 11.1 Å². The summed E-state index contributed by atoms with van der Waals surface area (Å²) in [6.45, 7) is 1.89. The zero-order valence-electron chi connectivity index (χ0n) is 16.5. The molecule has 1 N–H and O–H groups in total. The van der Waals surface area contributed by atoms with Crippen LogP contribution in [0, 0.1) is 0 Å². The highest BCUT2D eigenvalue weighted by Crippen LogP contribution is 2.32. The second kappa shape index (κ2) is 9.22. The second-order valence-electron chi connectivity index (χ2n) is 7.36. The Labute approximate surface area is 175 Å². The molecule has 150 valence electrons. The van der Waals surface area contributed by atoms with Crippen LogP contribution in [-0.2, 0) is 4.79 Å². The normalized spacial score (nSPS) is 15.8. The topological polar surface area (TPSA) is 72.7 Å². The van der Waals surface area contributed by atoms with Crippen molar-refractivity contribution in [3.63, 3.8) is 0 Å². The van der Waals surface area contributed by atoms with Gasteiger partial charge >= 0.3 is 0 Å². The third kappa shape index (κ3) is 4.67. The number of carbonyl (C=O) groups excluding carboxylic acids is 1. The summed E-state index contributed by atoms with van der Waals surface area (Å²) >= 11 is 1.41. The highest BCUT2D eigenvalue weighted by Gasteiger charge is 2.24. The third-order valence-electron chi connectivity index (χ3n) is 5.30. The lowest BCUT2D eigenvalue weighted by atomic mass is 9.96. The molecule has 29 heavy (non-hydrogen) atoms. The molecule has 1 saturated carbocycles. The molecule has 1 unspecified atom stereocenters. The van der Waals surface area contributed by atoms with Gasteiger partial charge in [-0.2, -0.15) is 0 Å².